The Balaban J connectivity index is 1.62. The number of carbonyl (C=O) groups excluding carboxylic acids is 2. The number of aliphatic hydroxyl groups is 1. The average Bonchev–Trinajstić information content (AvgIpc) is 3.17. The zero-order valence-corrected chi connectivity index (χ0v) is 22.1. The number of likely N-dealkylation sites (tertiary alicyclic amines) is 1. The van der Waals surface area contributed by atoms with Gasteiger partial charge >= 0.3 is 0 Å². The van der Waals surface area contributed by atoms with Crippen molar-refractivity contribution in [2.24, 2.45) is 5.92 Å². The number of hydrogen-bond acceptors (Lipinski definition) is 6. The summed E-state index contributed by atoms with van der Waals surface area (Å²) in [5, 5.41) is 11.3. The Kier molecular flexibility index (Phi) is 9.00. The van der Waals surface area contributed by atoms with E-state index in [2.05, 4.69) is 25.7 Å². The molecule has 1 amide bonds. The third kappa shape index (κ3) is 6.40. The van der Waals surface area contributed by atoms with Crippen LogP contribution in [0.3, 0.4) is 0 Å². The molecular formula is C30H38N2O5. The summed E-state index contributed by atoms with van der Waals surface area (Å²) in [5.41, 5.74) is 2.61. The molecule has 37 heavy (non-hydrogen) atoms. The van der Waals surface area contributed by atoms with Gasteiger partial charge < -0.3 is 19.5 Å². The molecule has 2 aliphatic rings. The van der Waals surface area contributed by atoms with Gasteiger partial charge in [-0.15, -0.1) is 0 Å². The minimum absolute atomic E-state index is 0.136. The van der Waals surface area contributed by atoms with Gasteiger partial charge in [0.1, 0.15) is 11.5 Å². The molecule has 2 heterocycles. The van der Waals surface area contributed by atoms with Crippen LogP contribution in [0.15, 0.2) is 54.1 Å². The standard InChI is InChI=1S/C30H38N2O5/c1-4-22-6-8-23(9-7-22)27-26(28(33)24-10-12-25(13-11-24)37-20-21(2)3)29(34)30(35)32(27)15-5-14-31-16-18-36-19-17-31/h6-13,21,27,33H,4-5,14-20H2,1-3H3/t27-/m1/s1. The Morgan fingerprint density at radius 2 is 1.70 bits per heavy atom. The van der Waals surface area contributed by atoms with Gasteiger partial charge in [0.25, 0.3) is 11.7 Å². The number of aliphatic hydroxyl groups excluding tert-OH is 1. The van der Waals surface area contributed by atoms with Gasteiger partial charge in [0.15, 0.2) is 0 Å². The van der Waals surface area contributed by atoms with E-state index in [1.54, 1.807) is 29.2 Å². The highest BCUT2D eigenvalue weighted by molar-refractivity contribution is 6.46. The Morgan fingerprint density at radius 3 is 2.32 bits per heavy atom. The minimum atomic E-state index is -0.645. The molecular weight excluding hydrogens is 468 g/mol. The maximum Gasteiger partial charge on any atom is 0.295 e. The van der Waals surface area contributed by atoms with Gasteiger partial charge in [-0.2, -0.15) is 0 Å². The smallest absolute Gasteiger partial charge is 0.295 e. The second kappa shape index (κ2) is 12.4. The first kappa shape index (κ1) is 26.9. The number of nitrogens with zero attached hydrogens (tertiary/aromatic N) is 2. The lowest BCUT2D eigenvalue weighted by molar-refractivity contribution is -0.140. The van der Waals surface area contributed by atoms with Gasteiger partial charge in [-0.3, -0.25) is 14.5 Å². The predicted molar refractivity (Wildman–Crippen MR) is 143 cm³/mol. The van der Waals surface area contributed by atoms with E-state index in [9.17, 15) is 14.7 Å². The van der Waals surface area contributed by atoms with Gasteiger partial charge in [0.2, 0.25) is 0 Å². The maximum absolute atomic E-state index is 13.3. The number of benzene rings is 2. The molecule has 198 valence electrons. The van der Waals surface area contributed by atoms with Crippen LogP contribution in [0, 0.1) is 5.92 Å². The highest BCUT2D eigenvalue weighted by Gasteiger charge is 2.45. The zero-order chi connectivity index (χ0) is 26.4. The summed E-state index contributed by atoms with van der Waals surface area (Å²) >= 11 is 0. The number of aryl methyl sites for hydroxylation is 1. The topological polar surface area (TPSA) is 79.3 Å². The molecule has 1 N–H and O–H groups in total. The molecule has 0 aromatic heterocycles. The predicted octanol–water partition coefficient (Wildman–Crippen LogP) is 4.43. The van der Waals surface area contributed by atoms with E-state index in [0.29, 0.717) is 30.4 Å². The lowest BCUT2D eigenvalue weighted by Crippen LogP contribution is -2.38. The van der Waals surface area contributed by atoms with Crippen molar-refractivity contribution in [3.63, 3.8) is 0 Å². The molecule has 2 aliphatic heterocycles. The number of rotatable bonds is 10. The molecule has 0 aliphatic carbocycles. The second-order valence-electron chi connectivity index (χ2n) is 10.1. The molecule has 4 rings (SSSR count). The summed E-state index contributed by atoms with van der Waals surface area (Å²) in [6.45, 7) is 11.3. The van der Waals surface area contributed by atoms with E-state index in [-0.39, 0.29) is 11.3 Å². The first-order chi connectivity index (χ1) is 17.9. The molecule has 0 radical (unpaired) electrons. The van der Waals surface area contributed by atoms with Crippen molar-refractivity contribution in [3.8, 4) is 5.75 Å². The minimum Gasteiger partial charge on any atom is -0.507 e. The molecule has 0 unspecified atom stereocenters. The number of morpholine rings is 1. The van der Waals surface area contributed by atoms with Crippen molar-refractivity contribution in [2.75, 3.05) is 46.0 Å². The molecule has 0 spiro atoms. The van der Waals surface area contributed by atoms with E-state index in [1.807, 2.05) is 24.3 Å². The monoisotopic (exact) mass is 506 g/mol. The third-order valence-electron chi connectivity index (χ3n) is 6.93. The summed E-state index contributed by atoms with van der Waals surface area (Å²) < 4.78 is 11.2. The number of hydrogen-bond donors (Lipinski definition) is 1. The largest absolute Gasteiger partial charge is 0.507 e. The van der Waals surface area contributed by atoms with Crippen LogP contribution in [0.2, 0.25) is 0 Å². The van der Waals surface area contributed by atoms with Crippen molar-refractivity contribution in [2.45, 2.75) is 39.7 Å². The highest BCUT2D eigenvalue weighted by atomic mass is 16.5. The lowest BCUT2D eigenvalue weighted by atomic mass is 9.94. The van der Waals surface area contributed by atoms with Crippen LogP contribution in [-0.2, 0) is 20.7 Å². The second-order valence-corrected chi connectivity index (χ2v) is 10.1. The van der Waals surface area contributed by atoms with Crippen molar-refractivity contribution in [3.05, 3.63) is 70.8 Å². The van der Waals surface area contributed by atoms with E-state index < -0.39 is 17.7 Å². The number of carbonyl (C=O) groups is 2. The normalized spacial score (nSPS) is 20.1. The number of amides is 1. The van der Waals surface area contributed by atoms with Crippen LogP contribution in [0.25, 0.3) is 5.76 Å². The Labute approximate surface area is 219 Å². The lowest BCUT2D eigenvalue weighted by Gasteiger charge is -2.29. The van der Waals surface area contributed by atoms with Gasteiger partial charge in [0, 0.05) is 31.7 Å². The Bertz CT molecular complexity index is 1100. The van der Waals surface area contributed by atoms with E-state index >= 15 is 0 Å². The third-order valence-corrected chi connectivity index (χ3v) is 6.93. The van der Waals surface area contributed by atoms with E-state index in [0.717, 1.165) is 51.3 Å². The molecule has 7 heteroatoms. The van der Waals surface area contributed by atoms with Gasteiger partial charge in [-0.05, 0) is 54.2 Å². The number of ether oxygens (including phenoxy) is 2. The zero-order valence-electron chi connectivity index (χ0n) is 22.1. The summed E-state index contributed by atoms with van der Waals surface area (Å²) in [5.74, 6) is -0.278. The van der Waals surface area contributed by atoms with Gasteiger partial charge in [-0.25, -0.2) is 0 Å². The summed E-state index contributed by atoms with van der Waals surface area (Å²) in [6.07, 6.45) is 1.63. The van der Waals surface area contributed by atoms with Gasteiger partial charge in [-0.1, -0.05) is 45.0 Å². The SMILES string of the molecule is CCc1ccc([C@@H]2C(=C(O)c3ccc(OCC(C)C)cc3)C(=O)C(=O)N2CCCN2CCOCC2)cc1. The summed E-state index contributed by atoms with van der Waals surface area (Å²) in [4.78, 5) is 30.4. The van der Waals surface area contributed by atoms with Crippen molar-refractivity contribution < 1.29 is 24.2 Å². The molecule has 2 fully saturated rings. The number of Topliss-reactive ketones (excluding diaryl/α,β-unsaturated/α-hetero) is 1. The van der Waals surface area contributed by atoms with Crippen molar-refractivity contribution in [1.82, 2.24) is 9.80 Å². The quantitative estimate of drug-likeness (QED) is 0.292. The fourth-order valence-electron chi connectivity index (χ4n) is 4.81. The molecule has 0 saturated carbocycles. The Hall–Kier alpha value is -3.16. The molecule has 1 atom stereocenters. The summed E-state index contributed by atoms with van der Waals surface area (Å²) in [7, 11) is 0. The molecule has 2 aromatic rings. The molecule has 0 bridgehead atoms. The summed E-state index contributed by atoms with van der Waals surface area (Å²) in [6, 6.07) is 14.3. The fraction of sp³-hybridized carbons (Fsp3) is 0.467. The van der Waals surface area contributed by atoms with Crippen molar-refractivity contribution in [1.29, 1.82) is 0 Å². The van der Waals surface area contributed by atoms with Crippen LogP contribution in [0.4, 0.5) is 0 Å². The first-order valence-electron chi connectivity index (χ1n) is 13.3. The molecule has 7 nitrogen and oxygen atoms in total. The van der Waals surface area contributed by atoms with Crippen LogP contribution >= 0.6 is 0 Å². The van der Waals surface area contributed by atoms with E-state index in [1.165, 1.54) is 5.56 Å². The van der Waals surface area contributed by atoms with Crippen LogP contribution in [0.1, 0.15) is 49.9 Å². The van der Waals surface area contributed by atoms with Crippen LogP contribution in [0.5, 0.6) is 5.75 Å². The van der Waals surface area contributed by atoms with E-state index in [4.69, 9.17) is 9.47 Å². The van der Waals surface area contributed by atoms with Crippen molar-refractivity contribution >= 4 is 17.4 Å². The molecule has 2 aromatic carbocycles. The number of ketones is 1. The maximum atomic E-state index is 13.3. The fourth-order valence-corrected chi connectivity index (χ4v) is 4.81. The Morgan fingerprint density at radius 1 is 1.03 bits per heavy atom. The highest BCUT2D eigenvalue weighted by Crippen LogP contribution is 2.39. The van der Waals surface area contributed by atoms with Crippen LogP contribution < -0.4 is 4.74 Å². The first-order valence-corrected chi connectivity index (χ1v) is 13.3. The van der Waals surface area contributed by atoms with Crippen LogP contribution in [-0.4, -0.2) is 72.6 Å². The average molecular weight is 507 g/mol. The van der Waals surface area contributed by atoms with Gasteiger partial charge in [0.05, 0.1) is 31.4 Å². The molecule has 2 saturated heterocycles.